The van der Waals surface area contributed by atoms with Gasteiger partial charge in [0.05, 0.1) is 10.6 Å². The van der Waals surface area contributed by atoms with Crippen LogP contribution in [0, 0.1) is 0 Å². The first-order valence-electron chi connectivity index (χ1n) is 7.18. The summed E-state index contributed by atoms with van der Waals surface area (Å²) >= 11 is 1.58. The Morgan fingerprint density at radius 3 is 3.00 bits per heavy atom. The molecule has 0 saturated carbocycles. The first kappa shape index (κ1) is 15.2. The van der Waals surface area contributed by atoms with E-state index >= 15 is 0 Å². The molecule has 0 spiro atoms. The number of thiazole rings is 1. The molecule has 0 saturated heterocycles. The number of nitrogens with one attached hydrogen (secondary N) is 3. The lowest BCUT2D eigenvalue weighted by Crippen LogP contribution is -2.27. The van der Waals surface area contributed by atoms with Gasteiger partial charge in [0, 0.05) is 37.7 Å². The predicted octanol–water partition coefficient (Wildman–Crippen LogP) is 1.08. The number of fused-ring (bicyclic) bond motifs is 4. The molecular formula is C14H17N7OS. The SMILES string of the molecule is CNc1cc2nc(n1)/C(=C\N)C(=O)NCCCc1nc(cs1)N2. The van der Waals surface area contributed by atoms with E-state index in [1.54, 1.807) is 24.5 Å². The number of aryl methyl sites for hydroxylation is 1. The van der Waals surface area contributed by atoms with Crippen molar-refractivity contribution in [2.24, 2.45) is 5.73 Å². The molecule has 5 N–H and O–H groups in total. The van der Waals surface area contributed by atoms with Crippen molar-refractivity contribution in [2.45, 2.75) is 12.8 Å². The molecular weight excluding hydrogens is 314 g/mol. The quantitative estimate of drug-likeness (QED) is 0.577. The second-order valence-electron chi connectivity index (χ2n) is 4.90. The number of rotatable bonds is 1. The molecule has 2 aromatic rings. The molecule has 0 fully saturated rings. The summed E-state index contributed by atoms with van der Waals surface area (Å²) in [5.41, 5.74) is 5.86. The summed E-state index contributed by atoms with van der Waals surface area (Å²) in [5, 5.41) is 11.9. The Morgan fingerprint density at radius 1 is 1.35 bits per heavy atom. The minimum Gasteiger partial charge on any atom is -0.404 e. The van der Waals surface area contributed by atoms with Crippen molar-refractivity contribution in [1.29, 1.82) is 0 Å². The molecule has 1 aliphatic heterocycles. The molecule has 4 bridgehead atoms. The smallest absolute Gasteiger partial charge is 0.256 e. The number of nitrogens with two attached hydrogens (primary N) is 1. The number of carbonyl (C=O) groups excluding carboxylic acids is 1. The Kier molecular flexibility index (Phi) is 4.38. The third-order valence-corrected chi connectivity index (χ3v) is 4.20. The maximum atomic E-state index is 12.3. The molecule has 9 heteroatoms. The van der Waals surface area contributed by atoms with E-state index in [9.17, 15) is 4.79 Å². The molecule has 0 aliphatic carbocycles. The minimum absolute atomic E-state index is 0.238. The van der Waals surface area contributed by atoms with Crippen LogP contribution < -0.4 is 21.7 Å². The standard InChI is InChI=1S/C14H17N7OS/c1-16-9-5-10-18-11-7-23-12(19-11)3-2-4-17-14(22)8(6-15)13(20-9)21-10/h5-7H,2-4,15H2,1H3,(H,17,22)(H2,16,18,20,21)/b8-6+. The van der Waals surface area contributed by atoms with E-state index in [2.05, 4.69) is 30.9 Å². The van der Waals surface area contributed by atoms with Gasteiger partial charge in [-0.25, -0.2) is 15.0 Å². The molecule has 0 atom stereocenters. The van der Waals surface area contributed by atoms with Crippen molar-refractivity contribution in [3.05, 3.63) is 28.5 Å². The second kappa shape index (κ2) is 6.61. The van der Waals surface area contributed by atoms with E-state index in [4.69, 9.17) is 5.73 Å². The van der Waals surface area contributed by atoms with E-state index in [1.165, 1.54) is 6.20 Å². The fraction of sp³-hybridized carbons (Fsp3) is 0.286. The van der Waals surface area contributed by atoms with Crippen LogP contribution >= 0.6 is 11.3 Å². The minimum atomic E-state index is -0.287. The van der Waals surface area contributed by atoms with Crippen molar-refractivity contribution in [1.82, 2.24) is 20.3 Å². The first-order valence-corrected chi connectivity index (χ1v) is 8.06. The van der Waals surface area contributed by atoms with Gasteiger partial charge in [-0.05, 0) is 6.42 Å². The molecule has 3 heterocycles. The highest BCUT2D eigenvalue weighted by molar-refractivity contribution is 7.10. The molecule has 2 aromatic heterocycles. The van der Waals surface area contributed by atoms with E-state index in [0.29, 0.717) is 18.2 Å². The summed E-state index contributed by atoms with van der Waals surface area (Å²) in [4.78, 5) is 25.5. The highest BCUT2D eigenvalue weighted by Gasteiger charge is 2.17. The number of nitrogens with zero attached hydrogens (tertiary/aromatic N) is 3. The van der Waals surface area contributed by atoms with Crippen molar-refractivity contribution < 1.29 is 4.79 Å². The van der Waals surface area contributed by atoms with Gasteiger partial charge in [-0.2, -0.15) is 0 Å². The largest absolute Gasteiger partial charge is 0.404 e. The van der Waals surface area contributed by atoms with Crippen LogP contribution in [-0.2, 0) is 11.2 Å². The molecule has 1 amide bonds. The summed E-state index contributed by atoms with van der Waals surface area (Å²) < 4.78 is 0. The van der Waals surface area contributed by atoms with Gasteiger partial charge in [-0.3, -0.25) is 4.79 Å². The molecule has 0 unspecified atom stereocenters. The molecule has 23 heavy (non-hydrogen) atoms. The van der Waals surface area contributed by atoms with Gasteiger partial charge in [-0.15, -0.1) is 11.3 Å². The second-order valence-corrected chi connectivity index (χ2v) is 5.85. The zero-order chi connectivity index (χ0) is 16.2. The molecule has 3 rings (SSSR count). The maximum absolute atomic E-state index is 12.3. The van der Waals surface area contributed by atoms with Crippen molar-refractivity contribution >= 4 is 40.3 Å². The molecule has 8 nitrogen and oxygen atoms in total. The Morgan fingerprint density at radius 2 is 2.22 bits per heavy atom. The number of aromatic nitrogens is 3. The highest BCUT2D eigenvalue weighted by atomic mass is 32.1. The van der Waals surface area contributed by atoms with Gasteiger partial charge in [0.25, 0.3) is 5.91 Å². The Bertz CT molecular complexity index is 755. The third-order valence-electron chi connectivity index (χ3n) is 3.30. The monoisotopic (exact) mass is 331 g/mol. The topological polar surface area (TPSA) is 118 Å². The normalized spacial score (nSPS) is 16.6. The first-order chi connectivity index (χ1) is 11.2. The number of amides is 1. The fourth-order valence-electron chi connectivity index (χ4n) is 2.16. The predicted molar refractivity (Wildman–Crippen MR) is 90.5 cm³/mol. The van der Waals surface area contributed by atoms with Crippen LogP contribution in [0.3, 0.4) is 0 Å². The zero-order valence-electron chi connectivity index (χ0n) is 12.6. The van der Waals surface area contributed by atoms with Crippen LogP contribution in [0.4, 0.5) is 17.5 Å². The summed E-state index contributed by atoms with van der Waals surface area (Å²) in [6.45, 7) is 0.539. The van der Waals surface area contributed by atoms with Crippen molar-refractivity contribution in [3.8, 4) is 0 Å². The van der Waals surface area contributed by atoms with Gasteiger partial charge < -0.3 is 21.7 Å². The fourth-order valence-corrected chi connectivity index (χ4v) is 2.94. The number of hydrogen-bond acceptors (Lipinski definition) is 8. The van der Waals surface area contributed by atoms with Crippen LogP contribution in [0.5, 0.6) is 0 Å². The lowest BCUT2D eigenvalue weighted by atomic mass is 10.2. The lowest BCUT2D eigenvalue weighted by Gasteiger charge is -2.10. The zero-order valence-corrected chi connectivity index (χ0v) is 13.4. The highest BCUT2D eigenvalue weighted by Crippen LogP contribution is 2.23. The van der Waals surface area contributed by atoms with E-state index in [0.717, 1.165) is 23.7 Å². The lowest BCUT2D eigenvalue weighted by molar-refractivity contribution is -0.115. The third kappa shape index (κ3) is 3.39. The summed E-state index contributed by atoms with van der Waals surface area (Å²) in [6, 6.07) is 1.74. The summed E-state index contributed by atoms with van der Waals surface area (Å²) in [5.74, 6) is 1.82. The van der Waals surface area contributed by atoms with E-state index in [-0.39, 0.29) is 17.3 Å². The van der Waals surface area contributed by atoms with Crippen molar-refractivity contribution in [3.63, 3.8) is 0 Å². The van der Waals surface area contributed by atoms with E-state index in [1.807, 2.05) is 5.38 Å². The molecule has 0 aromatic carbocycles. The maximum Gasteiger partial charge on any atom is 0.256 e. The van der Waals surface area contributed by atoms with Gasteiger partial charge in [-0.1, -0.05) is 0 Å². The average molecular weight is 331 g/mol. The molecule has 0 radical (unpaired) electrons. The van der Waals surface area contributed by atoms with Crippen LogP contribution in [0.2, 0.25) is 0 Å². The Balaban J connectivity index is 2.06. The Labute approximate surface area is 137 Å². The van der Waals surface area contributed by atoms with Crippen LogP contribution in [-0.4, -0.2) is 34.5 Å². The molecule has 1 aliphatic rings. The van der Waals surface area contributed by atoms with Gasteiger partial charge in [0.1, 0.15) is 17.5 Å². The number of carbonyl (C=O) groups is 1. The van der Waals surface area contributed by atoms with E-state index < -0.39 is 0 Å². The van der Waals surface area contributed by atoms with Gasteiger partial charge >= 0.3 is 0 Å². The summed E-state index contributed by atoms with van der Waals surface area (Å²) in [7, 11) is 1.75. The average Bonchev–Trinajstić information content (AvgIpc) is 2.99. The summed E-state index contributed by atoms with van der Waals surface area (Å²) in [6.07, 6.45) is 2.84. The van der Waals surface area contributed by atoms with Crippen LogP contribution in [0.1, 0.15) is 17.3 Å². The molecule has 120 valence electrons. The van der Waals surface area contributed by atoms with Crippen LogP contribution in [0.25, 0.3) is 5.57 Å². The number of hydrogen-bond donors (Lipinski definition) is 4. The van der Waals surface area contributed by atoms with Crippen LogP contribution in [0.15, 0.2) is 17.6 Å². The van der Waals surface area contributed by atoms with Gasteiger partial charge in [0.2, 0.25) is 0 Å². The number of anilines is 3. The Hall–Kier alpha value is -2.68. The van der Waals surface area contributed by atoms with Gasteiger partial charge in [0.15, 0.2) is 5.82 Å². The van der Waals surface area contributed by atoms with Crippen molar-refractivity contribution in [2.75, 3.05) is 24.2 Å².